The van der Waals surface area contributed by atoms with Gasteiger partial charge in [0, 0.05) is 11.4 Å². The van der Waals surface area contributed by atoms with Crippen molar-refractivity contribution in [1.29, 1.82) is 0 Å². The van der Waals surface area contributed by atoms with E-state index in [4.69, 9.17) is 0 Å². The van der Waals surface area contributed by atoms with Gasteiger partial charge < -0.3 is 10.6 Å². The molecule has 2 N–H and O–H groups in total. The van der Waals surface area contributed by atoms with Crippen molar-refractivity contribution in [2.24, 2.45) is 0 Å². The molecule has 5 heteroatoms. The molecule has 1 aromatic heterocycles. The second-order valence-electron chi connectivity index (χ2n) is 5.93. The first-order chi connectivity index (χ1) is 12.7. The van der Waals surface area contributed by atoms with Crippen LogP contribution in [0.4, 0.5) is 17.2 Å². The van der Waals surface area contributed by atoms with E-state index in [1.807, 2.05) is 36.4 Å². The number of anilines is 3. The number of benzene rings is 2. The standard InChI is InChI=1S/C21H22N4O/c1-3-15-9-11-17(12-10-15)24-20-14-22-19(13-23-20)21(26)25-18-8-6-5-7-16(18)4-2/h5-14H,3-4H2,1-2H3,(H,23,24)(H,25,26). The molecule has 0 saturated carbocycles. The maximum atomic E-state index is 12.4. The van der Waals surface area contributed by atoms with Crippen LogP contribution in [0.25, 0.3) is 0 Å². The number of para-hydroxylation sites is 1. The molecule has 1 amide bonds. The Balaban J connectivity index is 1.67. The summed E-state index contributed by atoms with van der Waals surface area (Å²) >= 11 is 0. The van der Waals surface area contributed by atoms with Crippen LogP contribution in [-0.4, -0.2) is 15.9 Å². The number of nitrogens with one attached hydrogen (secondary N) is 2. The number of carbonyl (C=O) groups excluding carboxylic acids is 1. The van der Waals surface area contributed by atoms with Crippen molar-refractivity contribution in [3.05, 3.63) is 77.7 Å². The van der Waals surface area contributed by atoms with Crippen LogP contribution in [0.3, 0.4) is 0 Å². The van der Waals surface area contributed by atoms with E-state index in [-0.39, 0.29) is 11.6 Å². The molecule has 0 radical (unpaired) electrons. The number of hydrogen-bond donors (Lipinski definition) is 2. The Hall–Kier alpha value is -3.21. The lowest BCUT2D eigenvalue weighted by Gasteiger charge is -2.10. The molecule has 3 rings (SSSR count). The highest BCUT2D eigenvalue weighted by molar-refractivity contribution is 6.03. The van der Waals surface area contributed by atoms with Crippen LogP contribution in [-0.2, 0) is 12.8 Å². The fraction of sp³-hybridized carbons (Fsp3) is 0.190. The van der Waals surface area contributed by atoms with E-state index in [1.54, 1.807) is 6.20 Å². The average Bonchev–Trinajstić information content (AvgIpc) is 2.69. The lowest BCUT2D eigenvalue weighted by molar-refractivity contribution is 0.102. The molecule has 0 unspecified atom stereocenters. The third kappa shape index (κ3) is 4.25. The Morgan fingerprint density at radius 2 is 1.69 bits per heavy atom. The highest BCUT2D eigenvalue weighted by atomic mass is 16.1. The molecule has 0 aliphatic rings. The van der Waals surface area contributed by atoms with Gasteiger partial charge in [0.05, 0.1) is 12.4 Å². The second kappa shape index (κ2) is 8.25. The first-order valence-corrected chi connectivity index (χ1v) is 8.77. The predicted molar refractivity (Wildman–Crippen MR) is 105 cm³/mol. The summed E-state index contributed by atoms with van der Waals surface area (Å²) in [5.41, 5.74) is 4.39. The van der Waals surface area contributed by atoms with Gasteiger partial charge in [-0.15, -0.1) is 0 Å². The predicted octanol–water partition coefficient (Wildman–Crippen LogP) is 4.60. The quantitative estimate of drug-likeness (QED) is 0.685. The highest BCUT2D eigenvalue weighted by Gasteiger charge is 2.10. The molecule has 1 heterocycles. The van der Waals surface area contributed by atoms with Crippen molar-refractivity contribution < 1.29 is 4.79 Å². The van der Waals surface area contributed by atoms with E-state index in [9.17, 15) is 4.79 Å². The van der Waals surface area contributed by atoms with E-state index in [2.05, 4.69) is 46.6 Å². The number of aromatic nitrogens is 2. The molecule has 3 aromatic rings. The molecule has 2 aromatic carbocycles. The Morgan fingerprint density at radius 1 is 0.923 bits per heavy atom. The van der Waals surface area contributed by atoms with Crippen molar-refractivity contribution in [2.45, 2.75) is 26.7 Å². The Morgan fingerprint density at radius 3 is 2.35 bits per heavy atom. The Bertz CT molecular complexity index is 873. The largest absolute Gasteiger partial charge is 0.339 e. The van der Waals surface area contributed by atoms with Crippen molar-refractivity contribution in [1.82, 2.24) is 9.97 Å². The minimum absolute atomic E-state index is 0.266. The molecule has 26 heavy (non-hydrogen) atoms. The monoisotopic (exact) mass is 346 g/mol. The molecular weight excluding hydrogens is 324 g/mol. The number of aryl methyl sites for hydroxylation is 2. The maximum absolute atomic E-state index is 12.4. The third-order valence-electron chi connectivity index (χ3n) is 4.17. The third-order valence-corrected chi connectivity index (χ3v) is 4.17. The zero-order chi connectivity index (χ0) is 18.4. The number of carbonyl (C=O) groups is 1. The summed E-state index contributed by atoms with van der Waals surface area (Å²) in [5.74, 6) is 0.331. The summed E-state index contributed by atoms with van der Waals surface area (Å²) in [5, 5.41) is 6.08. The minimum atomic E-state index is -0.266. The Kier molecular flexibility index (Phi) is 5.59. The van der Waals surface area contributed by atoms with Crippen molar-refractivity contribution in [3.8, 4) is 0 Å². The number of nitrogens with zero attached hydrogens (tertiary/aromatic N) is 2. The van der Waals surface area contributed by atoms with Gasteiger partial charge in [-0.05, 0) is 42.2 Å². The van der Waals surface area contributed by atoms with Gasteiger partial charge in [0.1, 0.15) is 11.5 Å². The summed E-state index contributed by atoms with van der Waals surface area (Å²) in [7, 11) is 0. The van der Waals surface area contributed by atoms with Crippen LogP contribution in [0.5, 0.6) is 0 Å². The van der Waals surface area contributed by atoms with E-state index in [1.165, 1.54) is 11.8 Å². The molecule has 0 aliphatic carbocycles. The van der Waals surface area contributed by atoms with Gasteiger partial charge in [0.25, 0.3) is 5.91 Å². The second-order valence-corrected chi connectivity index (χ2v) is 5.93. The maximum Gasteiger partial charge on any atom is 0.275 e. The van der Waals surface area contributed by atoms with Crippen molar-refractivity contribution in [2.75, 3.05) is 10.6 Å². The molecular formula is C21H22N4O. The minimum Gasteiger partial charge on any atom is -0.339 e. The van der Waals surface area contributed by atoms with Crippen LogP contribution < -0.4 is 10.6 Å². The fourth-order valence-electron chi connectivity index (χ4n) is 2.62. The highest BCUT2D eigenvalue weighted by Crippen LogP contribution is 2.17. The molecule has 5 nitrogen and oxygen atoms in total. The van der Waals surface area contributed by atoms with E-state index >= 15 is 0 Å². The summed E-state index contributed by atoms with van der Waals surface area (Å²) in [6, 6.07) is 15.9. The first kappa shape index (κ1) is 17.6. The normalized spacial score (nSPS) is 10.4. The molecule has 0 aliphatic heterocycles. The summed E-state index contributed by atoms with van der Waals surface area (Å²) < 4.78 is 0. The van der Waals surface area contributed by atoms with Crippen molar-refractivity contribution in [3.63, 3.8) is 0 Å². The van der Waals surface area contributed by atoms with Crippen LogP contribution in [0.15, 0.2) is 60.9 Å². The zero-order valence-corrected chi connectivity index (χ0v) is 15.0. The SMILES string of the molecule is CCc1ccc(Nc2cnc(C(=O)Nc3ccccc3CC)cn2)cc1. The van der Waals surface area contributed by atoms with Gasteiger partial charge in [-0.2, -0.15) is 0 Å². The number of hydrogen-bond acceptors (Lipinski definition) is 4. The lowest BCUT2D eigenvalue weighted by Crippen LogP contribution is -2.15. The van der Waals surface area contributed by atoms with Gasteiger partial charge in [0.2, 0.25) is 0 Å². The van der Waals surface area contributed by atoms with Crippen LogP contribution in [0.2, 0.25) is 0 Å². The number of amides is 1. The van der Waals surface area contributed by atoms with E-state index in [0.717, 1.165) is 29.8 Å². The van der Waals surface area contributed by atoms with Gasteiger partial charge >= 0.3 is 0 Å². The smallest absolute Gasteiger partial charge is 0.275 e. The molecule has 0 fully saturated rings. The topological polar surface area (TPSA) is 66.9 Å². The van der Waals surface area contributed by atoms with Crippen LogP contribution in [0, 0.1) is 0 Å². The molecule has 0 spiro atoms. The van der Waals surface area contributed by atoms with Crippen LogP contribution in [0.1, 0.15) is 35.5 Å². The summed E-state index contributed by atoms with van der Waals surface area (Å²) in [4.78, 5) is 20.9. The molecule has 0 bridgehead atoms. The van der Waals surface area contributed by atoms with Gasteiger partial charge in [-0.25, -0.2) is 9.97 Å². The fourth-order valence-corrected chi connectivity index (χ4v) is 2.62. The first-order valence-electron chi connectivity index (χ1n) is 8.77. The van der Waals surface area contributed by atoms with Crippen molar-refractivity contribution >= 4 is 23.1 Å². The molecule has 132 valence electrons. The lowest BCUT2D eigenvalue weighted by atomic mass is 10.1. The molecule has 0 atom stereocenters. The van der Waals surface area contributed by atoms with E-state index in [0.29, 0.717) is 5.82 Å². The summed E-state index contributed by atoms with van der Waals surface area (Å²) in [6.45, 7) is 4.18. The van der Waals surface area contributed by atoms with Crippen LogP contribution >= 0.6 is 0 Å². The summed E-state index contributed by atoms with van der Waals surface area (Å²) in [6.07, 6.45) is 4.90. The van der Waals surface area contributed by atoms with Gasteiger partial charge in [-0.3, -0.25) is 4.79 Å². The zero-order valence-electron chi connectivity index (χ0n) is 15.0. The van der Waals surface area contributed by atoms with E-state index < -0.39 is 0 Å². The average molecular weight is 346 g/mol. The molecule has 0 saturated heterocycles. The van der Waals surface area contributed by atoms with Gasteiger partial charge in [0.15, 0.2) is 0 Å². The number of rotatable bonds is 6. The Labute approximate surface area is 153 Å². The van der Waals surface area contributed by atoms with Gasteiger partial charge in [-0.1, -0.05) is 44.2 Å².